The van der Waals surface area contributed by atoms with E-state index in [4.69, 9.17) is 9.47 Å². The predicted molar refractivity (Wildman–Crippen MR) is 352 cm³/mol. The van der Waals surface area contributed by atoms with E-state index in [1.165, 1.54) is 97.9 Å². The molecular formula is C76H69BN2O2S. The van der Waals surface area contributed by atoms with Crippen molar-refractivity contribution in [2.75, 3.05) is 23.0 Å². The first-order valence-electron chi connectivity index (χ1n) is 29.2. The molecule has 0 saturated carbocycles. The van der Waals surface area contributed by atoms with E-state index in [1.54, 1.807) is 0 Å². The van der Waals surface area contributed by atoms with Crippen molar-refractivity contribution in [3.63, 3.8) is 0 Å². The molecule has 4 nitrogen and oxygen atoms in total. The van der Waals surface area contributed by atoms with Gasteiger partial charge in [0.2, 0.25) is 0 Å². The molecule has 1 aromatic heterocycles. The first-order chi connectivity index (χ1) is 39.4. The molecule has 404 valence electrons. The molecule has 0 amide bonds. The molecule has 14 rings (SSSR count). The number of rotatable bonds is 6. The van der Waals surface area contributed by atoms with Gasteiger partial charge in [-0.25, -0.2) is 0 Å². The minimum absolute atomic E-state index is 0.0251. The second-order valence-electron chi connectivity index (χ2n) is 26.1. The Hall–Kier alpha value is -8.32. The number of fused-ring (bicyclic) bond motifs is 8. The molecule has 11 aromatic rings. The second kappa shape index (κ2) is 19.4. The summed E-state index contributed by atoms with van der Waals surface area (Å²) in [6, 6.07) is 76.3. The van der Waals surface area contributed by atoms with Gasteiger partial charge in [-0.2, -0.15) is 0 Å². The van der Waals surface area contributed by atoms with Crippen LogP contribution in [0.25, 0.3) is 64.7 Å². The van der Waals surface area contributed by atoms with E-state index < -0.39 is 0 Å². The van der Waals surface area contributed by atoms with Crippen molar-refractivity contribution in [2.24, 2.45) is 0 Å². The standard InChI is InChI=1S/C76H69BN2O2S/c1-47-39-66-71-67(40-47)79(72-59(50-17-12-11-13-18-50)33-36-68-73(72)81-38-16-37-80-68)64-35-31-57(76(8,9)10)46-63(64)77(71)62-34-26-51(52-25-32-61-60-19-14-15-20-69(60)82-70(61)45-52)44-65(62)78(66)58-42-53(48-21-27-55(28-22-48)74(2,3)4)41-54(43-58)49-23-29-56(30-24-49)75(5,6)7/h11-15,17-36,39-46H,16,37-38H2,1-10H3. The highest BCUT2D eigenvalue weighted by Gasteiger charge is 2.45. The zero-order valence-electron chi connectivity index (χ0n) is 48.9. The number of thiophene rings is 1. The molecule has 0 aliphatic carbocycles. The number of hydrogen-bond acceptors (Lipinski definition) is 5. The minimum Gasteiger partial charge on any atom is -0.489 e. The number of benzene rings is 10. The Morgan fingerprint density at radius 1 is 0.415 bits per heavy atom. The van der Waals surface area contributed by atoms with Gasteiger partial charge in [0, 0.05) is 60.6 Å². The summed E-state index contributed by atoms with van der Waals surface area (Å²) in [7, 11) is 0. The molecule has 3 aliphatic heterocycles. The van der Waals surface area contributed by atoms with Crippen LogP contribution in [0, 0.1) is 6.92 Å². The summed E-state index contributed by atoms with van der Waals surface area (Å²) < 4.78 is 16.2. The highest BCUT2D eigenvalue weighted by Crippen LogP contribution is 2.54. The Morgan fingerprint density at radius 3 is 1.68 bits per heavy atom. The summed E-state index contributed by atoms with van der Waals surface area (Å²) in [4.78, 5) is 5.15. The second-order valence-corrected chi connectivity index (χ2v) is 27.1. The first kappa shape index (κ1) is 51.8. The number of ether oxygens (including phenoxy) is 2. The Bertz CT molecular complexity index is 4250. The molecule has 0 unspecified atom stereocenters. The van der Waals surface area contributed by atoms with Crippen LogP contribution >= 0.6 is 11.3 Å². The van der Waals surface area contributed by atoms with Crippen LogP contribution in [0.5, 0.6) is 11.5 Å². The van der Waals surface area contributed by atoms with Gasteiger partial charge in [-0.1, -0.05) is 196 Å². The van der Waals surface area contributed by atoms with E-state index in [-0.39, 0.29) is 23.0 Å². The van der Waals surface area contributed by atoms with Crippen molar-refractivity contribution in [3.05, 3.63) is 222 Å². The molecule has 0 fully saturated rings. The molecule has 82 heavy (non-hydrogen) atoms. The monoisotopic (exact) mass is 1080 g/mol. The summed E-state index contributed by atoms with van der Waals surface area (Å²) in [5, 5.41) is 2.61. The number of nitrogens with zero attached hydrogens (tertiary/aromatic N) is 2. The lowest BCUT2D eigenvalue weighted by molar-refractivity contribution is 0.297. The van der Waals surface area contributed by atoms with Gasteiger partial charge in [0.15, 0.2) is 11.5 Å². The quantitative estimate of drug-likeness (QED) is 0.155. The van der Waals surface area contributed by atoms with Gasteiger partial charge >= 0.3 is 0 Å². The Labute approximate surface area is 488 Å². The maximum atomic E-state index is 6.96. The van der Waals surface area contributed by atoms with Crippen molar-refractivity contribution in [1.29, 1.82) is 0 Å². The molecule has 3 aliphatic rings. The SMILES string of the molecule is Cc1cc2c3c(c1)N(c1c(-c4ccccc4)ccc4c1OCCCO4)c1ccc(C(C)(C)C)cc1B3c1ccc(-c3ccc4c(c3)sc3ccccc34)cc1N2c1cc(-c2ccc(C(C)(C)C)cc2)cc(-c2ccc(C(C)(C)C)cc2)c1. The average Bonchev–Trinajstić information content (AvgIpc) is 3.68. The molecule has 4 heterocycles. The van der Waals surface area contributed by atoms with Gasteiger partial charge < -0.3 is 19.3 Å². The van der Waals surface area contributed by atoms with E-state index in [0.29, 0.717) is 13.2 Å². The molecule has 0 saturated heterocycles. The Balaban J connectivity index is 1.07. The molecule has 0 atom stereocenters. The van der Waals surface area contributed by atoms with Gasteiger partial charge in [0.05, 0.1) is 13.2 Å². The highest BCUT2D eigenvalue weighted by atomic mass is 32.1. The normalized spacial score (nSPS) is 14.0. The van der Waals surface area contributed by atoms with Crippen LogP contribution in [0.1, 0.15) is 91.0 Å². The minimum atomic E-state index is -0.113. The van der Waals surface area contributed by atoms with Crippen LogP contribution in [-0.4, -0.2) is 19.9 Å². The summed E-state index contributed by atoms with van der Waals surface area (Å²) in [5.41, 5.74) is 24.8. The largest absolute Gasteiger partial charge is 0.489 e. The van der Waals surface area contributed by atoms with Gasteiger partial charge in [0.1, 0.15) is 5.69 Å². The third kappa shape index (κ3) is 8.89. The van der Waals surface area contributed by atoms with Crippen molar-refractivity contribution in [2.45, 2.75) is 91.9 Å². The lowest BCUT2D eigenvalue weighted by atomic mass is 9.33. The van der Waals surface area contributed by atoms with Crippen molar-refractivity contribution < 1.29 is 9.47 Å². The lowest BCUT2D eigenvalue weighted by Gasteiger charge is -2.45. The van der Waals surface area contributed by atoms with Crippen LogP contribution in [0.4, 0.5) is 34.1 Å². The summed E-state index contributed by atoms with van der Waals surface area (Å²) >= 11 is 1.88. The van der Waals surface area contributed by atoms with Crippen LogP contribution in [-0.2, 0) is 16.2 Å². The molecule has 0 spiro atoms. The topological polar surface area (TPSA) is 24.9 Å². The highest BCUT2D eigenvalue weighted by molar-refractivity contribution is 7.25. The predicted octanol–water partition coefficient (Wildman–Crippen LogP) is 19.2. The number of hydrogen-bond donors (Lipinski definition) is 0. The van der Waals surface area contributed by atoms with Crippen LogP contribution in [0.2, 0.25) is 0 Å². The van der Waals surface area contributed by atoms with E-state index in [0.717, 1.165) is 57.5 Å². The van der Waals surface area contributed by atoms with Gasteiger partial charge in [-0.15, -0.1) is 11.3 Å². The van der Waals surface area contributed by atoms with Gasteiger partial charge in [0.25, 0.3) is 6.71 Å². The summed E-state index contributed by atoms with van der Waals surface area (Å²) in [6.07, 6.45) is 0.802. The van der Waals surface area contributed by atoms with Crippen molar-refractivity contribution >= 4 is 88.7 Å². The number of anilines is 6. The third-order valence-corrected chi connectivity index (χ3v) is 18.5. The zero-order valence-corrected chi connectivity index (χ0v) is 49.7. The fourth-order valence-electron chi connectivity index (χ4n) is 12.9. The Morgan fingerprint density at radius 2 is 1.00 bits per heavy atom. The van der Waals surface area contributed by atoms with Crippen molar-refractivity contribution in [1.82, 2.24) is 0 Å². The zero-order chi connectivity index (χ0) is 56.4. The lowest BCUT2D eigenvalue weighted by Crippen LogP contribution is -2.61. The van der Waals surface area contributed by atoms with Crippen LogP contribution in [0.3, 0.4) is 0 Å². The van der Waals surface area contributed by atoms with E-state index in [9.17, 15) is 0 Å². The van der Waals surface area contributed by atoms with Gasteiger partial charge in [-0.3, -0.25) is 0 Å². The summed E-state index contributed by atoms with van der Waals surface area (Å²) in [5.74, 6) is 1.55. The fraction of sp³-hybridized carbons (Fsp3) is 0.211. The van der Waals surface area contributed by atoms with Gasteiger partial charge in [-0.05, 0) is 167 Å². The molecular weight excluding hydrogens is 1020 g/mol. The maximum Gasteiger partial charge on any atom is 0.252 e. The number of aryl methyl sites for hydroxylation is 1. The molecule has 10 aromatic carbocycles. The van der Waals surface area contributed by atoms with E-state index >= 15 is 0 Å². The molecule has 6 heteroatoms. The summed E-state index contributed by atoms with van der Waals surface area (Å²) in [6.45, 7) is 24.1. The van der Waals surface area contributed by atoms with E-state index in [1.807, 2.05) is 11.3 Å². The molecule has 0 bridgehead atoms. The smallest absolute Gasteiger partial charge is 0.252 e. The maximum absolute atomic E-state index is 6.96. The average molecular weight is 1090 g/mol. The molecule has 0 radical (unpaired) electrons. The van der Waals surface area contributed by atoms with Crippen molar-refractivity contribution in [3.8, 4) is 56.0 Å². The Kier molecular flexibility index (Phi) is 12.3. The first-order valence-corrected chi connectivity index (χ1v) is 30.1. The van der Waals surface area contributed by atoms with Crippen LogP contribution < -0.4 is 35.7 Å². The van der Waals surface area contributed by atoms with Crippen LogP contribution in [0.15, 0.2) is 200 Å². The molecule has 0 N–H and O–H groups in total. The fourth-order valence-corrected chi connectivity index (χ4v) is 14.0. The van der Waals surface area contributed by atoms with E-state index in [2.05, 4.69) is 279 Å². The third-order valence-electron chi connectivity index (χ3n) is 17.3.